The van der Waals surface area contributed by atoms with Crippen molar-refractivity contribution in [1.82, 2.24) is 15.5 Å². The van der Waals surface area contributed by atoms with Crippen LogP contribution in [0.2, 0.25) is 0 Å². The molecule has 2 fully saturated rings. The minimum absolute atomic E-state index is 0.598. The first-order valence-corrected chi connectivity index (χ1v) is 10.5. The fraction of sp³-hybridized carbons (Fsp3) is 0.950. The van der Waals surface area contributed by atoms with Crippen molar-refractivity contribution in [3.8, 4) is 0 Å². The van der Waals surface area contributed by atoms with Gasteiger partial charge in [-0.25, -0.2) is 0 Å². The maximum Gasteiger partial charge on any atom is 0.191 e. The van der Waals surface area contributed by atoms with Gasteiger partial charge in [-0.05, 0) is 63.8 Å². The van der Waals surface area contributed by atoms with Crippen LogP contribution >= 0.6 is 0 Å². The molecule has 5 nitrogen and oxygen atoms in total. The van der Waals surface area contributed by atoms with Gasteiger partial charge >= 0.3 is 0 Å². The number of hydrogen-bond donors (Lipinski definition) is 2. The second-order valence-electron chi connectivity index (χ2n) is 7.92. The summed E-state index contributed by atoms with van der Waals surface area (Å²) in [7, 11) is 0. The standard InChI is InChI=1S/C20H40N4O/c1-4-21-20(23-19-9-7-18(8-10-19)17(2)3)22-11-5-6-12-24-13-15-25-16-14-24/h17-19H,4-16H2,1-3H3,(H2,21,22,23). The van der Waals surface area contributed by atoms with Crippen molar-refractivity contribution in [1.29, 1.82) is 0 Å². The van der Waals surface area contributed by atoms with E-state index in [1.807, 2.05) is 0 Å². The molecule has 0 atom stereocenters. The van der Waals surface area contributed by atoms with Gasteiger partial charge in [-0.1, -0.05) is 13.8 Å². The molecular formula is C20H40N4O. The molecule has 0 aromatic heterocycles. The van der Waals surface area contributed by atoms with Crippen molar-refractivity contribution < 1.29 is 4.74 Å². The van der Waals surface area contributed by atoms with Gasteiger partial charge in [-0.2, -0.15) is 0 Å². The molecule has 5 heteroatoms. The molecule has 25 heavy (non-hydrogen) atoms. The molecular weight excluding hydrogens is 312 g/mol. The predicted molar refractivity (Wildman–Crippen MR) is 106 cm³/mol. The average Bonchev–Trinajstić information content (AvgIpc) is 2.63. The highest BCUT2D eigenvalue weighted by Gasteiger charge is 2.23. The number of ether oxygens (including phenoxy) is 1. The summed E-state index contributed by atoms with van der Waals surface area (Å²) in [4.78, 5) is 7.30. The van der Waals surface area contributed by atoms with Gasteiger partial charge in [-0.3, -0.25) is 9.89 Å². The fourth-order valence-electron chi connectivity index (χ4n) is 3.91. The number of nitrogens with zero attached hydrogens (tertiary/aromatic N) is 2. The van der Waals surface area contributed by atoms with Gasteiger partial charge in [0.05, 0.1) is 13.2 Å². The SMILES string of the molecule is CCNC(=NCCCCN1CCOCC1)NC1CCC(C(C)C)CC1. The van der Waals surface area contributed by atoms with Crippen molar-refractivity contribution >= 4 is 5.96 Å². The van der Waals surface area contributed by atoms with Crippen molar-refractivity contribution in [2.75, 3.05) is 45.9 Å². The molecule has 0 radical (unpaired) electrons. The van der Waals surface area contributed by atoms with Gasteiger partial charge in [-0.15, -0.1) is 0 Å². The van der Waals surface area contributed by atoms with E-state index in [2.05, 4.69) is 36.3 Å². The van der Waals surface area contributed by atoms with Crippen LogP contribution in [-0.4, -0.2) is 62.8 Å². The van der Waals surface area contributed by atoms with Crippen LogP contribution in [0.4, 0.5) is 0 Å². The minimum Gasteiger partial charge on any atom is -0.379 e. The molecule has 0 bridgehead atoms. The molecule has 2 N–H and O–H groups in total. The summed E-state index contributed by atoms with van der Waals surface area (Å²) in [5.74, 6) is 2.76. The third-order valence-electron chi connectivity index (χ3n) is 5.66. The summed E-state index contributed by atoms with van der Waals surface area (Å²) in [6, 6.07) is 0.598. The Hall–Kier alpha value is -0.810. The van der Waals surface area contributed by atoms with Crippen LogP contribution in [0.1, 0.15) is 59.3 Å². The first-order chi connectivity index (χ1) is 12.2. The highest BCUT2D eigenvalue weighted by Crippen LogP contribution is 2.29. The largest absolute Gasteiger partial charge is 0.379 e. The van der Waals surface area contributed by atoms with Crippen molar-refractivity contribution in [2.45, 2.75) is 65.3 Å². The molecule has 2 aliphatic rings. The predicted octanol–water partition coefficient (Wildman–Crippen LogP) is 2.87. The fourth-order valence-corrected chi connectivity index (χ4v) is 3.91. The zero-order valence-corrected chi connectivity index (χ0v) is 16.7. The van der Waals surface area contributed by atoms with Gasteiger partial charge in [0.2, 0.25) is 0 Å². The molecule has 1 aliphatic heterocycles. The van der Waals surface area contributed by atoms with Crippen LogP contribution in [-0.2, 0) is 4.74 Å². The van der Waals surface area contributed by atoms with E-state index >= 15 is 0 Å². The second kappa shape index (κ2) is 11.7. The molecule has 0 aromatic carbocycles. The van der Waals surface area contributed by atoms with Gasteiger partial charge in [0.15, 0.2) is 5.96 Å². The molecule has 1 saturated heterocycles. The zero-order valence-electron chi connectivity index (χ0n) is 16.7. The van der Waals surface area contributed by atoms with E-state index in [9.17, 15) is 0 Å². The van der Waals surface area contributed by atoms with Gasteiger partial charge < -0.3 is 15.4 Å². The number of hydrogen-bond acceptors (Lipinski definition) is 3. The monoisotopic (exact) mass is 352 g/mol. The second-order valence-corrected chi connectivity index (χ2v) is 7.92. The van der Waals surface area contributed by atoms with Crippen LogP contribution in [0.5, 0.6) is 0 Å². The lowest BCUT2D eigenvalue weighted by atomic mass is 9.80. The first kappa shape index (κ1) is 20.5. The van der Waals surface area contributed by atoms with Gasteiger partial charge in [0.25, 0.3) is 0 Å². The maximum absolute atomic E-state index is 5.40. The van der Waals surface area contributed by atoms with E-state index in [0.717, 1.165) is 63.6 Å². The van der Waals surface area contributed by atoms with E-state index in [1.165, 1.54) is 38.6 Å². The summed E-state index contributed by atoms with van der Waals surface area (Å²) in [5.41, 5.74) is 0. The normalized spacial score (nSPS) is 26.0. The molecule has 0 spiro atoms. The summed E-state index contributed by atoms with van der Waals surface area (Å²) >= 11 is 0. The van der Waals surface area contributed by atoms with Crippen LogP contribution in [0.15, 0.2) is 4.99 Å². The number of morpholine rings is 1. The number of unbranched alkanes of at least 4 members (excludes halogenated alkanes) is 1. The lowest BCUT2D eigenvalue weighted by molar-refractivity contribution is 0.0373. The lowest BCUT2D eigenvalue weighted by Gasteiger charge is -2.32. The molecule has 1 saturated carbocycles. The summed E-state index contributed by atoms with van der Waals surface area (Å²) in [5, 5.41) is 7.08. The van der Waals surface area contributed by atoms with Crippen LogP contribution < -0.4 is 10.6 Å². The molecule has 1 heterocycles. The smallest absolute Gasteiger partial charge is 0.191 e. The molecule has 0 aromatic rings. The van der Waals surface area contributed by atoms with Gasteiger partial charge in [0, 0.05) is 32.2 Å². The minimum atomic E-state index is 0.598. The Kier molecular flexibility index (Phi) is 9.63. The summed E-state index contributed by atoms with van der Waals surface area (Å²) < 4.78 is 5.40. The third kappa shape index (κ3) is 7.95. The topological polar surface area (TPSA) is 48.9 Å². The number of guanidine groups is 1. The van der Waals surface area contributed by atoms with Crippen molar-refractivity contribution in [3.05, 3.63) is 0 Å². The Morgan fingerprint density at radius 3 is 2.48 bits per heavy atom. The number of rotatable bonds is 8. The van der Waals surface area contributed by atoms with E-state index in [-0.39, 0.29) is 0 Å². The maximum atomic E-state index is 5.40. The number of aliphatic imine (C=N–C) groups is 1. The Morgan fingerprint density at radius 2 is 1.84 bits per heavy atom. The van der Waals surface area contributed by atoms with E-state index in [0.29, 0.717) is 6.04 Å². The van der Waals surface area contributed by atoms with Gasteiger partial charge in [0.1, 0.15) is 0 Å². The molecule has 146 valence electrons. The Morgan fingerprint density at radius 1 is 1.12 bits per heavy atom. The average molecular weight is 353 g/mol. The van der Waals surface area contributed by atoms with E-state index < -0.39 is 0 Å². The highest BCUT2D eigenvalue weighted by molar-refractivity contribution is 5.80. The Balaban J connectivity index is 1.64. The molecule has 1 aliphatic carbocycles. The van der Waals surface area contributed by atoms with Crippen molar-refractivity contribution in [3.63, 3.8) is 0 Å². The zero-order chi connectivity index (χ0) is 17.9. The van der Waals surface area contributed by atoms with Crippen LogP contribution in [0.3, 0.4) is 0 Å². The van der Waals surface area contributed by atoms with E-state index in [1.54, 1.807) is 0 Å². The Bertz CT molecular complexity index is 372. The van der Waals surface area contributed by atoms with Crippen molar-refractivity contribution in [2.24, 2.45) is 16.8 Å². The quantitative estimate of drug-likeness (QED) is 0.401. The highest BCUT2D eigenvalue weighted by atomic mass is 16.5. The third-order valence-corrected chi connectivity index (χ3v) is 5.66. The lowest BCUT2D eigenvalue weighted by Crippen LogP contribution is -2.45. The summed E-state index contributed by atoms with van der Waals surface area (Å²) in [6.45, 7) is 13.9. The number of nitrogens with one attached hydrogen (secondary N) is 2. The molecule has 2 rings (SSSR count). The first-order valence-electron chi connectivity index (χ1n) is 10.5. The van der Waals surface area contributed by atoms with E-state index in [4.69, 9.17) is 9.73 Å². The summed E-state index contributed by atoms with van der Waals surface area (Å²) in [6.07, 6.45) is 7.66. The van der Waals surface area contributed by atoms with Crippen LogP contribution in [0.25, 0.3) is 0 Å². The molecule has 0 unspecified atom stereocenters. The Labute approximate surface area is 155 Å². The molecule has 0 amide bonds. The van der Waals surface area contributed by atoms with Crippen LogP contribution in [0, 0.1) is 11.8 Å².